The number of carbonyl (C=O) groups is 1. The number of hydrogen-bond acceptors (Lipinski definition) is 3. The van der Waals surface area contributed by atoms with Gasteiger partial charge in [-0.1, -0.05) is 133 Å². The van der Waals surface area contributed by atoms with E-state index in [9.17, 15) is 9.90 Å². The van der Waals surface area contributed by atoms with Gasteiger partial charge in [0.1, 0.15) is 0 Å². The van der Waals surface area contributed by atoms with E-state index in [1.807, 2.05) is 30.3 Å². The van der Waals surface area contributed by atoms with Gasteiger partial charge in [-0.05, 0) is 131 Å². The van der Waals surface area contributed by atoms with Crippen molar-refractivity contribution in [3.63, 3.8) is 0 Å². The third-order valence-electron chi connectivity index (χ3n) is 14.1. The number of esters is 1. The van der Waals surface area contributed by atoms with Crippen molar-refractivity contribution in [1.82, 2.24) is 18.3 Å². The molecule has 0 fully saturated rings. The normalized spacial score (nSPS) is 11.4. The second kappa shape index (κ2) is 19.3. The molecule has 10 heteroatoms. The number of hydrogen-bond donors (Lipinski definition) is 1. The van der Waals surface area contributed by atoms with Crippen molar-refractivity contribution < 1.29 is 19.3 Å². The van der Waals surface area contributed by atoms with Crippen LogP contribution in [0.3, 0.4) is 0 Å². The highest BCUT2D eigenvalue weighted by atomic mass is 79.9. The van der Waals surface area contributed by atoms with Crippen LogP contribution in [0.25, 0.3) is 110 Å². The number of nitrogens with zero attached hydrogens (tertiary/aromatic N) is 4. The first-order valence-corrected chi connectivity index (χ1v) is 25.3. The summed E-state index contributed by atoms with van der Waals surface area (Å²) in [6.07, 6.45) is 0. The van der Waals surface area contributed by atoms with Crippen molar-refractivity contribution in [3.05, 3.63) is 238 Å². The van der Waals surface area contributed by atoms with Crippen LogP contribution >= 0.6 is 31.9 Å². The minimum Gasteiger partial charge on any atom is -0.465 e. The van der Waals surface area contributed by atoms with Crippen molar-refractivity contribution in [2.24, 2.45) is 0 Å². The molecule has 4 heterocycles. The molecular formula is C64H47Br2FN4O3. The summed E-state index contributed by atoms with van der Waals surface area (Å²) in [6, 6.07) is 76.5. The van der Waals surface area contributed by atoms with Crippen LogP contribution in [-0.4, -0.2) is 36.5 Å². The number of benzene rings is 10. The van der Waals surface area contributed by atoms with E-state index < -0.39 is 0 Å². The van der Waals surface area contributed by atoms with Crippen LogP contribution in [0.1, 0.15) is 23.3 Å². The Morgan fingerprint density at radius 1 is 0.392 bits per heavy atom. The van der Waals surface area contributed by atoms with Crippen LogP contribution in [0, 0.1) is 0 Å². The molecule has 0 saturated carbocycles. The Morgan fingerprint density at radius 2 is 0.676 bits per heavy atom. The minimum absolute atomic E-state index is 0. The standard InChI is InChI=1S/C32H21BrN2O2.C31H21BrN2O.CH4.FH/c1-37-32(36)26-19-20(14-16-27(26)33)35-30-13-7-4-10-24(30)25-18-21(15-17-31(25)35)34-28-11-5-2-8-22(28)23-9-3-6-12-29(23)34;32-27-15-13-21(17-20(27)19-35)33-30-12-6-3-9-25(30)26-18-22(14-16-31(26)33)34-28-10-4-1-7-23(28)24-8-2-5-11-29(24)34;;/h2-19H,1H3;1-18,35H,19H2;1H4;1H. The molecule has 74 heavy (non-hydrogen) atoms. The maximum absolute atomic E-state index is 12.4. The van der Waals surface area contributed by atoms with Crippen LogP contribution in [0.15, 0.2) is 227 Å². The van der Waals surface area contributed by atoms with E-state index in [0.717, 1.165) is 65.6 Å². The number of methoxy groups -OCH3 is 1. The topological polar surface area (TPSA) is 66.2 Å². The summed E-state index contributed by atoms with van der Waals surface area (Å²) in [4.78, 5) is 12.4. The lowest BCUT2D eigenvalue weighted by Gasteiger charge is -2.12. The molecule has 0 radical (unpaired) electrons. The minimum atomic E-state index is -0.372. The Morgan fingerprint density at radius 3 is 1.03 bits per heavy atom. The second-order valence-electron chi connectivity index (χ2n) is 17.9. The van der Waals surface area contributed by atoms with E-state index in [0.29, 0.717) is 10.0 Å². The van der Waals surface area contributed by atoms with Crippen LogP contribution in [-0.2, 0) is 11.3 Å². The number of aromatic nitrogens is 4. The summed E-state index contributed by atoms with van der Waals surface area (Å²) in [6.45, 7) is -0.0104. The summed E-state index contributed by atoms with van der Waals surface area (Å²) in [5, 5.41) is 19.6. The predicted molar refractivity (Wildman–Crippen MR) is 312 cm³/mol. The molecule has 0 saturated heterocycles. The van der Waals surface area contributed by atoms with Crippen LogP contribution in [0.4, 0.5) is 4.70 Å². The predicted octanol–water partition coefficient (Wildman–Crippen LogP) is 17.4. The first-order chi connectivity index (χ1) is 35.4. The molecule has 7 nitrogen and oxygen atoms in total. The van der Waals surface area contributed by atoms with Gasteiger partial charge in [-0.3, -0.25) is 4.70 Å². The van der Waals surface area contributed by atoms with Crippen LogP contribution in [0.5, 0.6) is 0 Å². The average Bonchev–Trinajstić information content (AvgIpc) is 4.16. The maximum Gasteiger partial charge on any atom is 0.339 e. The zero-order valence-electron chi connectivity index (χ0n) is 39.2. The number of carbonyl (C=O) groups excluding carboxylic acids is 1. The highest BCUT2D eigenvalue weighted by Crippen LogP contribution is 2.40. The fraction of sp³-hybridized carbons (Fsp3) is 0.0469. The van der Waals surface area contributed by atoms with Crippen LogP contribution in [0.2, 0.25) is 0 Å². The lowest BCUT2D eigenvalue weighted by molar-refractivity contribution is 0.0599. The summed E-state index contributed by atoms with van der Waals surface area (Å²) in [7, 11) is 1.40. The van der Waals surface area contributed by atoms with Gasteiger partial charge in [-0.25, -0.2) is 4.79 Å². The SMILES string of the molecule is C.COC(=O)c1cc(-n2c3ccccc3c3cc(-n4c5ccccc5c5ccccc54)ccc32)ccc1Br.F.OCc1cc(-n2c3ccccc3c3cc(-n4c5ccccc5c5ccccc54)ccc32)ccc1Br. The van der Waals surface area contributed by atoms with E-state index in [1.165, 1.54) is 61.5 Å². The van der Waals surface area contributed by atoms with E-state index in [2.05, 4.69) is 238 Å². The highest BCUT2D eigenvalue weighted by molar-refractivity contribution is 9.10. The van der Waals surface area contributed by atoms with Gasteiger partial charge in [0.2, 0.25) is 0 Å². The van der Waals surface area contributed by atoms with Gasteiger partial charge in [0.25, 0.3) is 0 Å². The monoisotopic (exact) mass is 1100 g/mol. The smallest absolute Gasteiger partial charge is 0.339 e. The molecule has 0 unspecified atom stereocenters. The summed E-state index contributed by atoms with van der Waals surface area (Å²) in [5.74, 6) is -0.372. The summed E-state index contributed by atoms with van der Waals surface area (Å²) < 4.78 is 15.8. The zero-order chi connectivity index (χ0) is 48.6. The molecule has 0 bridgehead atoms. The summed E-state index contributed by atoms with van der Waals surface area (Å²) in [5.41, 5.74) is 14.8. The molecule has 14 aromatic rings. The van der Waals surface area contributed by atoms with Crippen molar-refractivity contribution in [1.29, 1.82) is 0 Å². The lowest BCUT2D eigenvalue weighted by atomic mass is 10.1. The number of aliphatic hydroxyl groups is 1. The van der Waals surface area contributed by atoms with Crippen molar-refractivity contribution >= 4 is 125 Å². The maximum atomic E-state index is 12.4. The van der Waals surface area contributed by atoms with E-state index in [-0.39, 0.29) is 24.7 Å². The van der Waals surface area contributed by atoms with Crippen molar-refractivity contribution in [3.8, 4) is 22.7 Å². The molecule has 10 aromatic carbocycles. The van der Waals surface area contributed by atoms with Gasteiger partial charge in [0.15, 0.2) is 0 Å². The number of fused-ring (bicyclic) bond motifs is 12. The first kappa shape index (κ1) is 48.0. The van der Waals surface area contributed by atoms with Crippen molar-refractivity contribution in [2.45, 2.75) is 14.0 Å². The number of aliphatic hydroxyl groups excluding tert-OH is 1. The highest BCUT2D eigenvalue weighted by Gasteiger charge is 2.20. The van der Waals surface area contributed by atoms with E-state index >= 15 is 0 Å². The number of ether oxygens (including phenoxy) is 1. The Labute approximate surface area is 442 Å². The van der Waals surface area contributed by atoms with Gasteiger partial charge in [0.05, 0.1) is 63.4 Å². The molecular weight excluding hydrogens is 1050 g/mol. The number of para-hydroxylation sites is 6. The zero-order valence-corrected chi connectivity index (χ0v) is 42.4. The first-order valence-electron chi connectivity index (χ1n) is 23.7. The molecule has 0 amide bonds. The Kier molecular flexibility index (Phi) is 12.5. The molecule has 0 aliphatic rings. The lowest BCUT2D eigenvalue weighted by Crippen LogP contribution is -2.04. The number of halogens is 3. The molecule has 0 spiro atoms. The van der Waals surface area contributed by atoms with Gasteiger partial charge < -0.3 is 28.1 Å². The fourth-order valence-corrected chi connectivity index (χ4v) is 11.7. The molecule has 4 aromatic heterocycles. The van der Waals surface area contributed by atoms with Crippen molar-refractivity contribution in [2.75, 3.05) is 7.11 Å². The molecule has 0 aliphatic carbocycles. The molecule has 362 valence electrons. The quantitative estimate of drug-likeness (QED) is 0.169. The Hall–Kier alpha value is -8.28. The van der Waals surface area contributed by atoms with E-state index in [4.69, 9.17) is 4.74 Å². The van der Waals surface area contributed by atoms with Gasteiger partial charge >= 0.3 is 5.97 Å². The summed E-state index contributed by atoms with van der Waals surface area (Å²) >= 11 is 7.05. The van der Waals surface area contributed by atoms with Gasteiger partial charge in [0, 0.05) is 74.8 Å². The fourth-order valence-electron chi connectivity index (χ4n) is 10.9. The molecule has 0 aliphatic heterocycles. The van der Waals surface area contributed by atoms with E-state index in [1.54, 1.807) is 0 Å². The van der Waals surface area contributed by atoms with Crippen LogP contribution < -0.4 is 0 Å². The number of rotatable bonds is 6. The Bertz CT molecular complexity index is 4400. The molecule has 0 atom stereocenters. The largest absolute Gasteiger partial charge is 0.465 e. The third kappa shape index (κ3) is 7.59. The van der Waals surface area contributed by atoms with Gasteiger partial charge in [-0.15, -0.1) is 0 Å². The third-order valence-corrected chi connectivity index (χ3v) is 15.5. The second-order valence-corrected chi connectivity index (χ2v) is 19.6. The molecule has 1 N–H and O–H groups in total. The van der Waals surface area contributed by atoms with Gasteiger partial charge in [-0.2, -0.15) is 0 Å². The molecule has 14 rings (SSSR count). The average molecular weight is 1100 g/mol. The Balaban J connectivity index is 0.000000155.